The number of carbonyl (C=O) groups excluding carboxylic acids is 1. The summed E-state index contributed by atoms with van der Waals surface area (Å²) in [5.74, 6) is -8.35. The fourth-order valence-corrected chi connectivity index (χ4v) is 2.77. The van der Waals surface area contributed by atoms with Gasteiger partial charge >= 0.3 is 0 Å². The molecule has 0 radical (unpaired) electrons. The fourth-order valence-electron chi connectivity index (χ4n) is 1.74. The van der Waals surface area contributed by atoms with Crippen molar-refractivity contribution in [2.75, 3.05) is 11.9 Å². The van der Waals surface area contributed by atoms with Crippen molar-refractivity contribution in [2.24, 2.45) is 0 Å². The standard InChI is InChI=1S/C14H9F5N2O3S/c15-7-3-8(16)5-9(4-7)25(23,24)20-6-12(22)21-11-2-1-10(17)13(18)14(11)19/h1-5,20H,6H2,(H,21,22). The maximum Gasteiger partial charge on any atom is 0.241 e. The summed E-state index contributed by atoms with van der Waals surface area (Å²) in [5, 5.41) is 1.83. The molecular weight excluding hydrogens is 371 g/mol. The zero-order valence-corrected chi connectivity index (χ0v) is 12.9. The minimum absolute atomic E-state index is 0.456. The lowest BCUT2D eigenvalue weighted by Gasteiger charge is -2.09. The Bertz CT molecular complexity index is 914. The molecule has 0 bridgehead atoms. The zero-order chi connectivity index (χ0) is 18.8. The van der Waals surface area contributed by atoms with Crippen LogP contribution >= 0.6 is 0 Å². The quantitative estimate of drug-likeness (QED) is 0.618. The molecule has 2 aromatic carbocycles. The largest absolute Gasteiger partial charge is 0.322 e. The molecule has 2 rings (SSSR count). The van der Waals surface area contributed by atoms with Crippen molar-refractivity contribution in [3.05, 3.63) is 59.4 Å². The van der Waals surface area contributed by atoms with Gasteiger partial charge in [-0.1, -0.05) is 0 Å². The summed E-state index contributed by atoms with van der Waals surface area (Å²) in [5.41, 5.74) is -0.708. The van der Waals surface area contributed by atoms with Crippen molar-refractivity contribution in [3.8, 4) is 0 Å². The number of amides is 1. The summed E-state index contributed by atoms with van der Waals surface area (Å²) in [6.45, 7) is -0.946. The van der Waals surface area contributed by atoms with E-state index in [0.29, 0.717) is 24.3 Å². The molecule has 5 nitrogen and oxygen atoms in total. The van der Waals surface area contributed by atoms with E-state index >= 15 is 0 Å². The average molecular weight is 380 g/mol. The summed E-state index contributed by atoms with van der Waals surface area (Å²) < 4.78 is 90.7. The topological polar surface area (TPSA) is 75.3 Å². The third kappa shape index (κ3) is 4.51. The Morgan fingerprint density at radius 1 is 0.920 bits per heavy atom. The summed E-state index contributed by atoms with van der Waals surface area (Å²) in [6, 6.07) is 2.81. The summed E-state index contributed by atoms with van der Waals surface area (Å²) >= 11 is 0. The number of hydrogen-bond donors (Lipinski definition) is 2. The molecule has 25 heavy (non-hydrogen) atoms. The summed E-state index contributed by atoms with van der Waals surface area (Å²) in [6.07, 6.45) is 0. The van der Waals surface area contributed by atoms with E-state index in [0.717, 1.165) is 6.07 Å². The van der Waals surface area contributed by atoms with Gasteiger partial charge in [0.15, 0.2) is 17.5 Å². The average Bonchev–Trinajstić information content (AvgIpc) is 2.53. The van der Waals surface area contributed by atoms with Gasteiger partial charge in [-0.15, -0.1) is 0 Å². The first-order valence-corrected chi connectivity index (χ1v) is 7.97. The Balaban J connectivity index is 2.08. The van der Waals surface area contributed by atoms with Gasteiger partial charge < -0.3 is 5.32 Å². The first-order valence-electron chi connectivity index (χ1n) is 6.49. The number of anilines is 1. The molecule has 0 heterocycles. The Labute approximate surface area is 138 Å². The molecule has 0 aliphatic heterocycles. The van der Waals surface area contributed by atoms with E-state index in [4.69, 9.17) is 0 Å². The van der Waals surface area contributed by atoms with Crippen LogP contribution in [0.25, 0.3) is 0 Å². The highest BCUT2D eigenvalue weighted by atomic mass is 32.2. The van der Waals surface area contributed by atoms with Crippen molar-refractivity contribution in [1.82, 2.24) is 4.72 Å². The van der Waals surface area contributed by atoms with Gasteiger partial charge in [-0.3, -0.25) is 4.79 Å². The summed E-state index contributed by atoms with van der Waals surface area (Å²) in [4.78, 5) is 10.8. The molecule has 0 unspecified atom stereocenters. The lowest BCUT2D eigenvalue weighted by Crippen LogP contribution is -2.33. The minimum atomic E-state index is -4.44. The van der Waals surface area contributed by atoms with Crippen LogP contribution < -0.4 is 10.0 Å². The van der Waals surface area contributed by atoms with E-state index in [-0.39, 0.29) is 0 Å². The number of rotatable bonds is 5. The molecule has 0 saturated carbocycles. The SMILES string of the molecule is O=C(CNS(=O)(=O)c1cc(F)cc(F)c1)Nc1ccc(F)c(F)c1F. The molecule has 1 amide bonds. The first-order chi connectivity index (χ1) is 11.6. The van der Waals surface area contributed by atoms with Gasteiger partial charge in [0.2, 0.25) is 15.9 Å². The highest BCUT2D eigenvalue weighted by molar-refractivity contribution is 7.89. The van der Waals surface area contributed by atoms with Crippen LogP contribution in [0, 0.1) is 29.1 Å². The van der Waals surface area contributed by atoms with Gasteiger partial charge in [0.25, 0.3) is 0 Å². The molecule has 2 aromatic rings. The number of benzene rings is 2. The van der Waals surface area contributed by atoms with E-state index in [1.165, 1.54) is 0 Å². The highest BCUT2D eigenvalue weighted by Crippen LogP contribution is 2.19. The smallest absolute Gasteiger partial charge is 0.241 e. The van der Waals surface area contributed by atoms with Crippen molar-refractivity contribution >= 4 is 21.6 Å². The zero-order valence-electron chi connectivity index (χ0n) is 12.1. The molecule has 134 valence electrons. The number of halogens is 5. The predicted octanol–water partition coefficient (Wildman–Crippen LogP) is 2.30. The molecule has 0 fully saturated rings. The molecule has 0 aliphatic carbocycles. The van der Waals surface area contributed by atoms with Crippen LogP contribution in [0.3, 0.4) is 0 Å². The van der Waals surface area contributed by atoms with Crippen LogP contribution in [0.15, 0.2) is 35.2 Å². The van der Waals surface area contributed by atoms with Crippen molar-refractivity contribution < 1.29 is 35.2 Å². The predicted molar refractivity (Wildman–Crippen MR) is 76.5 cm³/mol. The third-order valence-corrected chi connectivity index (χ3v) is 4.26. The van der Waals surface area contributed by atoms with Crippen LogP contribution in [-0.2, 0) is 14.8 Å². The fraction of sp³-hybridized carbons (Fsp3) is 0.0714. The number of nitrogens with one attached hydrogen (secondary N) is 2. The molecule has 0 spiro atoms. The third-order valence-electron chi connectivity index (χ3n) is 2.88. The van der Waals surface area contributed by atoms with E-state index < -0.39 is 62.1 Å². The Hall–Kier alpha value is -2.53. The maximum atomic E-state index is 13.4. The summed E-state index contributed by atoms with van der Waals surface area (Å²) in [7, 11) is -4.44. The number of hydrogen-bond acceptors (Lipinski definition) is 3. The Morgan fingerprint density at radius 3 is 2.12 bits per heavy atom. The first kappa shape index (κ1) is 18.8. The molecule has 0 aliphatic rings. The van der Waals surface area contributed by atoms with Gasteiger partial charge in [-0.2, -0.15) is 0 Å². The van der Waals surface area contributed by atoms with Crippen LogP contribution in [0.1, 0.15) is 0 Å². The Kier molecular flexibility index (Phi) is 5.38. The van der Waals surface area contributed by atoms with E-state index in [9.17, 15) is 35.2 Å². The molecule has 2 N–H and O–H groups in total. The van der Waals surface area contributed by atoms with Crippen molar-refractivity contribution in [1.29, 1.82) is 0 Å². The van der Waals surface area contributed by atoms with Gasteiger partial charge in [0.05, 0.1) is 17.1 Å². The van der Waals surface area contributed by atoms with Crippen molar-refractivity contribution in [3.63, 3.8) is 0 Å². The number of carbonyl (C=O) groups is 1. The second-order valence-corrected chi connectivity index (χ2v) is 6.47. The minimum Gasteiger partial charge on any atom is -0.322 e. The van der Waals surface area contributed by atoms with Gasteiger partial charge in [-0.05, 0) is 24.3 Å². The van der Waals surface area contributed by atoms with Gasteiger partial charge in [-0.25, -0.2) is 35.1 Å². The monoisotopic (exact) mass is 380 g/mol. The molecule has 11 heteroatoms. The number of sulfonamides is 1. The molecule has 0 aromatic heterocycles. The molecule has 0 atom stereocenters. The van der Waals surface area contributed by atoms with Gasteiger partial charge in [0, 0.05) is 6.07 Å². The van der Waals surface area contributed by atoms with Gasteiger partial charge in [0.1, 0.15) is 11.6 Å². The molecular formula is C14H9F5N2O3S. The van der Waals surface area contributed by atoms with E-state index in [2.05, 4.69) is 0 Å². The van der Waals surface area contributed by atoms with Crippen LogP contribution in [0.2, 0.25) is 0 Å². The molecule has 0 saturated heterocycles. The van der Waals surface area contributed by atoms with Crippen LogP contribution in [-0.4, -0.2) is 20.9 Å². The van der Waals surface area contributed by atoms with Crippen molar-refractivity contribution in [2.45, 2.75) is 4.90 Å². The normalized spacial score (nSPS) is 11.4. The second kappa shape index (κ2) is 7.15. The van der Waals surface area contributed by atoms with E-state index in [1.54, 1.807) is 4.72 Å². The maximum absolute atomic E-state index is 13.4. The lowest BCUT2D eigenvalue weighted by atomic mass is 10.3. The van der Waals surface area contributed by atoms with Crippen LogP contribution in [0.5, 0.6) is 0 Å². The van der Waals surface area contributed by atoms with E-state index in [1.807, 2.05) is 5.32 Å². The van der Waals surface area contributed by atoms with Crippen LogP contribution in [0.4, 0.5) is 27.6 Å². The lowest BCUT2D eigenvalue weighted by molar-refractivity contribution is -0.115. The Morgan fingerprint density at radius 2 is 1.52 bits per heavy atom. The second-order valence-electron chi connectivity index (χ2n) is 4.70. The highest BCUT2D eigenvalue weighted by Gasteiger charge is 2.19.